The number of hydrogen-bond donors (Lipinski definition) is 1. The molecule has 0 bridgehead atoms. The summed E-state index contributed by atoms with van der Waals surface area (Å²) in [6.45, 7) is 5.15. The van der Waals surface area contributed by atoms with Gasteiger partial charge in [0.25, 0.3) is 0 Å². The van der Waals surface area contributed by atoms with Crippen molar-refractivity contribution in [2.75, 3.05) is 38.6 Å². The SMILES string of the molecule is NCc1ccc(SCC2CC(c3ccc(F)cc3)CN2SN2CCOCC2)s1. The van der Waals surface area contributed by atoms with Crippen LogP contribution in [0.5, 0.6) is 0 Å². The molecule has 4 nitrogen and oxygen atoms in total. The molecule has 3 heterocycles. The number of thioether (sulfide) groups is 1. The summed E-state index contributed by atoms with van der Waals surface area (Å²) in [6, 6.07) is 11.8. The van der Waals surface area contributed by atoms with Crippen molar-refractivity contribution in [1.82, 2.24) is 8.61 Å². The van der Waals surface area contributed by atoms with Crippen LogP contribution in [0.25, 0.3) is 0 Å². The molecule has 2 aromatic rings. The Kier molecular flexibility index (Phi) is 7.33. The van der Waals surface area contributed by atoms with Gasteiger partial charge in [0.1, 0.15) is 5.82 Å². The standard InChI is InChI=1S/C20H26FN3OS3/c21-17-3-1-15(2-4-17)16-11-18(14-26-20-6-5-19(12-22)27-20)24(13-16)28-23-7-9-25-10-8-23/h1-6,16,18H,7-14,22H2. The van der Waals surface area contributed by atoms with E-state index in [1.807, 2.05) is 36.0 Å². The van der Waals surface area contributed by atoms with Gasteiger partial charge in [0.05, 0.1) is 17.4 Å². The third-order valence-electron chi connectivity index (χ3n) is 5.15. The van der Waals surface area contributed by atoms with Gasteiger partial charge in [0.15, 0.2) is 0 Å². The zero-order valence-electron chi connectivity index (χ0n) is 15.8. The van der Waals surface area contributed by atoms with Crippen molar-refractivity contribution in [3.8, 4) is 0 Å². The summed E-state index contributed by atoms with van der Waals surface area (Å²) < 4.78 is 25.1. The van der Waals surface area contributed by atoms with Gasteiger partial charge in [-0.25, -0.2) is 13.0 Å². The highest BCUT2D eigenvalue weighted by Gasteiger charge is 2.35. The fourth-order valence-electron chi connectivity index (χ4n) is 3.61. The van der Waals surface area contributed by atoms with Crippen LogP contribution in [-0.4, -0.2) is 53.3 Å². The predicted molar refractivity (Wildman–Crippen MR) is 117 cm³/mol. The molecule has 0 aliphatic carbocycles. The van der Waals surface area contributed by atoms with E-state index in [1.54, 1.807) is 23.5 Å². The van der Waals surface area contributed by atoms with E-state index in [2.05, 4.69) is 20.7 Å². The van der Waals surface area contributed by atoms with Gasteiger partial charge in [0.2, 0.25) is 0 Å². The van der Waals surface area contributed by atoms with Crippen molar-refractivity contribution < 1.29 is 9.13 Å². The molecule has 1 aromatic carbocycles. The maximum Gasteiger partial charge on any atom is 0.123 e. The molecule has 152 valence electrons. The lowest BCUT2D eigenvalue weighted by Gasteiger charge is -2.31. The van der Waals surface area contributed by atoms with Crippen molar-refractivity contribution >= 4 is 35.2 Å². The first-order valence-corrected chi connectivity index (χ1v) is 12.2. The molecule has 0 saturated carbocycles. The van der Waals surface area contributed by atoms with Gasteiger partial charge >= 0.3 is 0 Å². The molecule has 2 aliphatic heterocycles. The lowest BCUT2D eigenvalue weighted by molar-refractivity contribution is 0.0757. The van der Waals surface area contributed by atoms with Crippen LogP contribution in [-0.2, 0) is 11.3 Å². The van der Waals surface area contributed by atoms with Gasteiger partial charge in [-0.05, 0) is 42.2 Å². The number of benzene rings is 1. The van der Waals surface area contributed by atoms with Crippen LogP contribution in [0, 0.1) is 5.82 Å². The maximum absolute atomic E-state index is 13.3. The quantitative estimate of drug-likeness (QED) is 0.515. The molecule has 0 amide bonds. The van der Waals surface area contributed by atoms with E-state index >= 15 is 0 Å². The molecule has 2 N–H and O–H groups in total. The zero-order valence-corrected chi connectivity index (χ0v) is 18.2. The molecule has 2 fully saturated rings. The fraction of sp³-hybridized carbons (Fsp3) is 0.500. The average Bonchev–Trinajstić information content (AvgIpc) is 3.34. The topological polar surface area (TPSA) is 41.7 Å². The maximum atomic E-state index is 13.3. The van der Waals surface area contributed by atoms with Gasteiger partial charge in [-0.2, -0.15) is 0 Å². The number of thiophene rings is 1. The molecule has 0 radical (unpaired) electrons. The number of nitrogens with zero attached hydrogens (tertiary/aromatic N) is 2. The van der Waals surface area contributed by atoms with E-state index in [1.165, 1.54) is 14.6 Å². The highest BCUT2D eigenvalue weighted by Crippen LogP contribution is 2.40. The van der Waals surface area contributed by atoms with Gasteiger partial charge in [-0.3, -0.25) is 0 Å². The fourth-order valence-corrected chi connectivity index (χ4v) is 7.07. The molecule has 2 aliphatic rings. The third-order valence-corrected chi connectivity index (χ3v) is 8.88. The number of hydrogen-bond acceptors (Lipinski definition) is 7. The third kappa shape index (κ3) is 5.30. The van der Waals surface area contributed by atoms with Crippen molar-refractivity contribution in [2.24, 2.45) is 5.73 Å². The lowest BCUT2D eigenvalue weighted by atomic mass is 9.97. The van der Waals surface area contributed by atoms with Crippen LogP contribution in [0.15, 0.2) is 40.6 Å². The number of halogens is 1. The second-order valence-electron chi connectivity index (χ2n) is 7.10. The van der Waals surface area contributed by atoms with Crippen LogP contribution >= 0.6 is 35.2 Å². The molecule has 1 aromatic heterocycles. The molecule has 0 spiro atoms. The van der Waals surface area contributed by atoms with E-state index in [9.17, 15) is 4.39 Å². The van der Waals surface area contributed by atoms with E-state index < -0.39 is 0 Å². The van der Waals surface area contributed by atoms with Crippen molar-refractivity contribution in [3.05, 3.63) is 52.7 Å². The molecule has 2 unspecified atom stereocenters. The van der Waals surface area contributed by atoms with Crippen LogP contribution in [0.2, 0.25) is 0 Å². The Morgan fingerprint density at radius 3 is 2.64 bits per heavy atom. The zero-order chi connectivity index (χ0) is 19.3. The monoisotopic (exact) mass is 439 g/mol. The number of ether oxygens (including phenoxy) is 1. The summed E-state index contributed by atoms with van der Waals surface area (Å²) in [5, 5.41) is 0. The molecule has 2 saturated heterocycles. The first-order chi connectivity index (χ1) is 13.7. The Hall–Kier alpha value is -0.610. The average molecular weight is 440 g/mol. The first kappa shape index (κ1) is 20.7. The van der Waals surface area contributed by atoms with Crippen LogP contribution in [0.1, 0.15) is 22.8 Å². The molecule has 2 atom stereocenters. The minimum atomic E-state index is -0.165. The summed E-state index contributed by atoms with van der Waals surface area (Å²) in [6.07, 6.45) is 1.10. The van der Waals surface area contributed by atoms with Gasteiger partial charge in [0, 0.05) is 55.0 Å². The highest BCUT2D eigenvalue weighted by atomic mass is 32.2. The van der Waals surface area contributed by atoms with Crippen LogP contribution in [0.4, 0.5) is 4.39 Å². The normalized spacial score (nSPS) is 24.1. The summed E-state index contributed by atoms with van der Waals surface area (Å²) in [5.74, 6) is 1.34. The van der Waals surface area contributed by atoms with E-state index in [0.29, 0.717) is 18.5 Å². The van der Waals surface area contributed by atoms with Crippen molar-refractivity contribution in [2.45, 2.75) is 29.1 Å². The molecule has 8 heteroatoms. The summed E-state index contributed by atoms with van der Waals surface area (Å²) in [5.41, 5.74) is 6.99. The van der Waals surface area contributed by atoms with E-state index in [4.69, 9.17) is 10.5 Å². The number of morpholine rings is 1. The first-order valence-electron chi connectivity index (χ1n) is 9.65. The highest BCUT2D eigenvalue weighted by molar-refractivity contribution is 8.01. The minimum absolute atomic E-state index is 0.165. The second-order valence-corrected chi connectivity index (χ2v) is 10.7. The van der Waals surface area contributed by atoms with Crippen LogP contribution in [0.3, 0.4) is 0 Å². The van der Waals surface area contributed by atoms with Gasteiger partial charge < -0.3 is 10.5 Å². The Bertz CT molecular complexity index is 751. The summed E-state index contributed by atoms with van der Waals surface area (Å²) in [4.78, 5) is 1.23. The predicted octanol–water partition coefficient (Wildman–Crippen LogP) is 4.19. The molecular weight excluding hydrogens is 413 g/mol. The minimum Gasteiger partial charge on any atom is -0.379 e. The Morgan fingerprint density at radius 2 is 1.93 bits per heavy atom. The molecular formula is C20H26FN3OS3. The Balaban J connectivity index is 1.42. The van der Waals surface area contributed by atoms with E-state index in [-0.39, 0.29) is 5.82 Å². The van der Waals surface area contributed by atoms with E-state index in [0.717, 1.165) is 45.0 Å². The summed E-state index contributed by atoms with van der Waals surface area (Å²) >= 11 is 5.59. The molecule has 4 rings (SSSR count). The van der Waals surface area contributed by atoms with Crippen LogP contribution < -0.4 is 5.73 Å². The van der Waals surface area contributed by atoms with Crippen molar-refractivity contribution in [1.29, 1.82) is 0 Å². The Labute approximate surface area is 178 Å². The molecule has 28 heavy (non-hydrogen) atoms. The smallest absolute Gasteiger partial charge is 0.123 e. The van der Waals surface area contributed by atoms with Crippen molar-refractivity contribution in [3.63, 3.8) is 0 Å². The van der Waals surface area contributed by atoms with Gasteiger partial charge in [-0.1, -0.05) is 12.1 Å². The number of nitrogens with two attached hydrogens (primary N) is 1. The number of rotatable bonds is 7. The lowest BCUT2D eigenvalue weighted by Crippen LogP contribution is -2.36. The second kappa shape index (κ2) is 9.93. The Morgan fingerprint density at radius 1 is 1.14 bits per heavy atom. The largest absolute Gasteiger partial charge is 0.379 e. The summed E-state index contributed by atoms with van der Waals surface area (Å²) in [7, 11) is 0. The van der Waals surface area contributed by atoms with Gasteiger partial charge in [-0.15, -0.1) is 23.1 Å².